The van der Waals surface area contributed by atoms with E-state index in [1.54, 1.807) is 19.2 Å². The third-order valence-corrected chi connectivity index (χ3v) is 8.09. The topological polar surface area (TPSA) is 70.7 Å². The SMILES string of the molecule is CN[C@@]1(c2ccccc2)CC[C@H](C(=O)N2CCC(NC(=O)c3ccccc3OC)CC2)c2ccccc21. The summed E-state index contributed by atoms with van der Waals surface area (Å²) < 4.78 is 5.33. The molecule has 2 amide bonds. The van der Waals surface area contributed by atoms with Crippen LogP contribution in [-0.2, 0) is 10.3 Å². The Labute approximate surface area is 219 Å². The molecule has 6 heteroatoms. The molecule has 3 aromatic rings. The van der Waals surface area contributed by atoms with E-state index in [2.05, 4.69) is 53.1 Å². The van der Waals surface area contributed by atoms with E-state index in [4.69, 9.17) is 4.74 Å². The van der Waals surface area contributed by atoms with Crippen molar-refractivity contribution in [3.8, 4) is 5.75 Å². The summed E-state index contributed by atoms with van der Waals surface area (Å²) in [6, 6.07) is 26.2. The fourth-order valence-electron chi connectivity index (χ4n) is 6.08. The molecule has 0 saturated carbocycles. The van der Waals surface area contributed by atoms with Gasteiger partial charge in [-0.25, -0.2) is 0 Å². The highest BCUT2D eigenvalue weighted by atomic mass is 16.5. The summed E-state index contributed by atoms with van der Waals surface area (Å²) in [6.45, 7) is 1.29. The summed E-state index contributed by atoms with van der Waals surface area (Å²) >= 11 is 0. The highest BCUT2D eigenvalue weighted by molar-refractivity contribution is 5.97. The summed E-state index contributed by atoms with van der Waals surface area (Å²) in [4.78, 5) is 28.6. The number of ether oxygens (including phenoxy) is 1. The number of rotatable bonds is 6. The van der Waals surface area contributed by atoms with E-state index in [1.807, 2.05) is 36.2 Å². The summed E-state index contributed by atoms with van der Waals surface area (Å²) in [5.74, 6) is 0.477. The number of benzene rings is 3. The van der Waals surface area contributed by atoms with Gasteiger partial charge >= 0.3 is 0 Å². The van der Waals surface area contributed by atoms with Crippen molar-refractivity contribution < 1.29 is 14.3 Å². The Morgan fingerprint density at radius 3 is 2.30 bits per heavy atom. The third kappa shape index (κ3) is 4.74. The number of carbonyl (C=O) groups excluding carboxylic acids is 2. The fourth-order valence-corrected chi connectivity index (χ4v) is 6.08. The van der Waals surface area contributed by atoms with Crippen LogP contribution in [0.5, 0.6) is 5.75 Å². The molecule has 1 saturated heterocycles. The van der Waals surface area contributed by atoms with Gasteiger partial charge in [-0.1, -0.05) is 66.7 Å². The van der Waals surface area contributed by atoms with Crippen molar-refractivity contribution in [1.29, 1.82) is 0 Å². The molecule has 2 aliphatic rings. The van der Waals surface area contributed by atoms with Crippen LogP contribution >= 0.6 is 0 Å². The first-order valence-corrected chi connectivity index (χ1v) is 13.1. The van der Waals surface area contributed by atoms with Crippen molar-refractivity contribution in [2.24, 2.45) is 0 Å². The van der Waals surface area contributed by atoms with Crippen LogP contribution in [-0.4, -0.2) is 50.0 Å². The Bertz CT molecular complexity index is 1250. The van der Waals surface area contributed by atoms with Gasteiger partial charge < -0.3 is 20.3 Å². The number of nitrogens with zero attached hydrogens (tertiary/aromatic N) is 1. The summed E-state index contributed by atoms with van der Waals surface area (Å²) in [5.41, 5.74) is 3.76. The van der Waals surface area contributed by atoms with E-state index in [0.717, 1.165) is 31.2 Å². The molecule has 192 valence electrons. The molecule has 6 nitrogen and oxygen atoms in total. The van der Waals surface area contributed by atoms with Gasteiger partial charge in [0, 0.05) is 19.1 Å². The van der Waals surface area contributed by atoms with Gasteiger partial charge in [-0.2, -0.15) is 0 Å². The van der Waals surface area contributed by atoms with E-state index in [9.17, 15) is 9.59 Å². The van der Waals surface area contributed by atoms with Crippen LogP contribution in [0, 0.1) is 0 Å². The second-order valence-corrected chi connectivity index (χ2v) is 9.97. The summed E-state index contributed by atoms with van der Waals surface area (Å²) in [7, 11) is 3.58. The smallest absolute Gasteiger partial charge is 0.255 e. The first-order chi connectivity index (χ1) is 18.1. The average molecular weight is 498 g/mol. The van der Waals surface area contributed by atoms with E-state index >= 15 is 0 Å². The molecule has 5 rings (SSSR count). The Morgan fingerprint density at radius 2 is 1.57 bits per heavy atom. The Balaban J connectivity index is 1.28. The predicted octanol–water partition coefficient (Wildman–Crippen LogP) is 4.46. The first-order valence-electron chi connectivity index (χ1n) is 13.1. The number of likely N-dealkylation sites (tertiary alicyclic amines) is 1. The highest BCUT2D eigenvalue weighted by Gasteiger charge is 2.43. The Kier molecular flexibility index (Phi) is 7.28. The molecule has 0 spiro atoms. The van der Waals surface area contributed by atoms with Gasteiger partial charge in [0.1, 0.15) is 5.75 Å². The molecule has 37 heavy (non-hydrogen) atoms. The predicted molar refractivity (Wildman–Crippen MR) is 145 cm³/mol. The van der Waals surface area contributed by atoms with Crippen LogP contribution < -0.4 is 15.4 Å². The number of methoxy groups -OCH3 is 1. The van der Waals surface area contributed by atoms with Crippen molar-refractivity contribution in [1.82, 2.24) is 15.5 Å². The molecule has 0 unspecified atom stereocenters. The van der Waals surface area contributed by atoms with Crippen molar-refractivity contribution in [2.75, 3.05) is 27.2 Å². The second kappa shape index (κ2) is 10.8. The lowest BCUT2D eigenvalue weighted by molar-refractivity contribution is -0.134. The van der Waals surface area contributed by atoms with Gasteiger partial charge in [0.05, 0.1) is 24.1 Å². The third-order valence-electron chi connectivity index (χ3n) is 8.09. The minimum Gasteiger partial charge on any atom is -0.496 e. The van der Waals surface area contributed by atoms with E-state index in [0.29, 0.717) is 24.4 Å². The van der Waals surface area contributed by atoms with E-state index < -0.39 is 0 Å². The van der Waals surface area contributed by atoms with Crippen LogP contribution in [0.15, 0.2) is 78.9 Å². The quantitative estimate of drug-likeness (QED) is 0.528. The first kappa shape index (κ1) is 25.0. The molecule has 0 aromatic heterocycles. The minimum absolute atomic E-state index is 0.0372. The van der Waals surface area contributed by atoms with Crippen molar-refractivity contribution in [3.05, 3.63) is 101 Å². The second-order valence-electron chi connectivity index (χ2n) is 9.97. The Hall–Kier alpha value is -3.64. The molecule has 1 aliphatic carbocycles. The van der Waals surface area contributed by atoms with E-state index in [1.165, 1.54) is 11.1 Å². The lowest BCUT2D eigenvalue weighted by Gasteiger charge is -2.43. The molecule has 1 heterocycles. The molecule has 3 aromatic carbocycles. The zero-order valence-electron chi connectivity index (χ0n) is 21.6. The van der Waals surface area contributed by atoms with Crippen molar-refractivity contribution in [3.63, 3.8) is 0 Å². The minimum atomic E-state index is -0.301. The zero-order valence-corrected chi connectivity index (χ0v) is 21.6. The van der Waals surface area contributed by atoms with Crippen LogP contribution in [0.1, 0.15) is 58.6 Å². The van der Waals surface area contributed by atoms with Gasteiger partial charge in [-0.15, -0.1) is 0 Å². The molecule has 0 radical (unpaired) electrons. The summed E-state index contributed by atoms with van der Waals surface area (Å²) in [6.07, 6.45) is 3.12. The lowest BCUT2D eigenvalue weighted by atomic mass is 9.68. The molecule has 1 aliphatic heterocycles. The number of carbonyl (C=O) groups is 2. The van der Waals surface area contributed by atoms with Crippen molar-refractivity contribution >= 4 is 11.8 Å². The largest absolute Gasteiger partial charge is 0.496 e. The van der Waals surface area contributed by atoms with Gasteiger partial charge in [0.25, 0.3) is 5.91 Å². The molecular weight excluding hydrogens is 462 g/mol. The van der Waals surface area contributed by atoms with Gasteiger partial charge in [-0.05, 0) is 61.6 Å². The van der Waals surface area contributed by atoms with Crippen LogP contribution in [0.3, 0.4) is 0 Å². The summed E-state index contributed by atoms with van der Waals surface area (Å²) in [5, 5.41) is 6.74. The lowest BCUT2D eigenvalue weighted by Crippen LogP contribution is -2.50. The number of nitrogens with one attached hydrogen (secondary N) is 2. The number of hydrogen-bond acceptors (Lipinski definition) is 4. The molecule has 1 fully saturated rings. The maximum absolute atomic E-state index is 13.8. The van der Waals surface area contributed by atoms with Gasteiger partial charge in [0.2, 0.25) is 5.91 Å². The fraction of sp³-hybridized carbons (Fsp3) is 0.355. The molecular formula is C31H35N3O3. The molecule has 2 atom stereocenters. The maximum atomic E-state index is 13.8. The van der Waals surface area contributed by atoms with Crippen LogP contribution in [0.2, 0.25) is 0 Å². The van der Waals surface area contributed by atoms with Crippen LogP contribution in [0.4, 0.5) is 0 Å². The molecule has 0 bridgehead atoms. The average Bonchev–Trinajstić information content (AvgIpc) is 2.97. The molecule has 2 N–H and O–H groups in total. The maximum Gasteiger partial charge on any atom is 0.255 e. The highest BCUT2D eigenvalue weighted by Crippen LogP contribution is 2.45. The zero-order chi connectivity index (χ0) is 25.8. The monoisotopic (exact) mass is 497 g/mol. The number of piperidine rings is 1. The van der Waals surface area contributed by atoms with Crippen molar-refractivity contribution in [2.45, 2.75) is 43.2 Å². The number of para-hydroxylation sites is 1. The number of fused-ring (bicyclic) bond motifs is 1. The number of hydrogen-bond donors (Lipinski definition) is 2. The van der Waals surface area contributed by atoms with E-state index in [-0.39, 0.29) is 29.3 Å². The van der Waals surface area contributed by atoms with Crippen LogP contribution in [0.25, 0.3) is 0 Å². The Morgan fingerprint density at radius 1 is 0.892 bits per heavy atom. The standard InChI is InChI=1S/C31H35N3O3/c1-32-31(22-10-4-3-5-11-22)19-16-25(24-12-6-8-14-27(24)31)30(36)34-20-17-23(18-21-34)33-29(35)26-13-7-9-15-28(26)37-2/h3-15,23,25,32H,16-21H2,1-2H3,(H,33,35)/t25-,31+/m0/s1. The van der Waals surface area contributed by atoms with Gasteiger partial charge in [0.15, 0.2) is 0 Å². The normalized spacial score (nSPS) is 21.7. The number of amides is 2. The van der Waals surface area contributed by atoms with Gasteiger partial charge in [-0.3, -0.25) is 9.59 Å².